The highest BCUT2D eigenvalue weighted by atomic mass is 32.2. The predicted molar refractivity (Wildman–Crippen MR) is 56.4 cm³/mol. The number of hydrogen-bond acceptors (Lipinski definition) is 4. The van der Waals surface area contributed by atoms with Crippen LogP contribution in [-0.4, -0.2) is 43.7 Å². The fraction of sp³-hybridized carbons (Fsp3) is 0.750. The van der Waals surface area contributed by atoms with E-state index in [1.807, 2.05) is 6.26 Å². The van der Waals surface area contributed by atoms with Gasteiger partial charge in [-0.2, -0.15) is 11.8 Å². The van der Waals surface area contributed by atoms with E-state index in [0.717, 1.165) is 5.75 Å². The molecule has 0 rings (SSSR count). The highest BCUT2D eigenvalue weighted by Crippen LogP contribution is 1.86. The van der Waals surface area contributed by atoms with Gasteiger partial charge >= 0.3 is 12.0 Å². The van der Waals surface area contributed by atoms with Crippen molar-refractivity contribution >= 4 is 23.8 Å². The quantitative estimate of drug-likeness (QED) is 0.496. The van der Waals surface area contributed by atoms with Gasteiger partial charge in [0, 0.05) is 12.3 Å². The monoisotopic (exact) mass is 220 g/mol. The standard InChI is InChI=1S/C8H16N2O3S/c1-3-13-7(11)6-10-8(12)9-4-5-14-2/h3-6H2,1-2H3,(H2,9,10,12). The largest absolute Gasteiger partial charge is 0.465 e. The summed E-state index contributed by atoms with van der Waals surface area (Å²) < 4.78 is 4.63. The van der Waals surface area contributed by atoms with Crippen molar-refractivity contribution in [2.75, 3.05) is 31.7 Å². The minimum absolute atomic E-state index is 0.0844. The minimum atomic E-state index is -0.424. The summed E-state index contributed by atoms with van der Waals surface area (Å²) >= 11 is 1.64. The Morgan fingerprint density at radius 3 is 2.64 bits per heavy atom. The molecule has 0 unspecified atom stereocenters. The Labute approximate surface area is 88.0 Å². The Hall–Kier alpha value is -0.910. The van der Waals surface area contributed by atoms with Gasteiger partial charge in [-0.3, -0.25) is 4.79 Å². The van der Waals surface area contributed by atoms with Crippen LogP contribution in [0.3, 0.4) is 0 Å². The lowest BCUT2D eigenvalue weighted by Crippen LogP contribution is -2.39. The van der Waals surface area contributed by atoms with E-state index >= 15 is 0 Å². The average Bonchev–Trinajstić information content (AvgIpc) is 2.16. The van der Waals surface area contributed by atoms with Crippen LogP contribution >= 0.6 is 11.8 Å². The Balaban J connectivity index is 3.39. The van der Waals surface area contributed by atoms with Gasteiger partial charge in [0.2, 0.25) is 0 Å². The molecule has 0 aliphatic rings. The van der Waals surface area contributed by atoms with Crippen LogP contribution in [-0.2, 0) is 9.53 Å². The molecule has 0 aromatic rings. The van der Waals surface area contributed by atoms with E-state index in [1.54, 1.807) is 18.7 Å². The fourth-order valence-corrected chi connectivity index (χ4v) is 1.000. The third-order valence-electron chi connectivity index (χ3n) is 1.29. The van der Waals surface area contributed by atoms with Crippen LogP contribution in [0.25, 0.3) is 0 Å². The highest BCUT2D eigenvalue weighted by Gasteiger charge is 2.03. The second-order valence-electron chi connectivity index (χ2n) is 2.41. The number of carbonyl (C=O) groups is 2. The molecule has 2 N–H and O–H groups in total. The molecule has 0 saturated carbocycles. The lowest BCUT2D eigenvalue weighted by molar-refractivity contribution is -0.141. The van der Waals surface area contributed by atoms with Gasteiger partial charge in [-0.15, -0.1) is 0 Å². The SMILES string of the molecule is CCOC(=O)CNC(=O)NCCSC. The fourth-order valence-electron chi connectivity index (χ4n) is 0.694. The van der Waals surface area contributed by atoms with Crippen molar-refractivity contribution in [3.63, 3.8) is 0 Å². The lowest BCUT2D eigenvalue weighted by Gasteiger charge is -2.06. The van der Waals surface area contributed by atoms with Gasteiger partial charge < -0.3 is 15.4 Å². The first-order valence-electron chi connectivity index (χ1n) is 4.37. The van der Waals surface area contributed by atoms with E-state index in [2.05, 4.69) is 15.4 Å². The number of amides is 2. The number of ether oxygens (including phenoxy) is 1. The molecule has 14 heavy (non-hydrogen) atoms. The van der Waals surface area contributed by atoms with Crippen LogP contribution in [0.1, 0.15) is 6.92 Å². The third-order valence-corrected chi connectivity index (χ3v) is 1.90. The average molecular weight is 220 g/mol. The summed E-state index contributed by atoms with van der Waals surface area (Å²) in [6, 6.07) is -0.341. The maximum atomic E-state index is 11.0. The summed E-state index contributed by atoms with van der Waals surface area (Å²) in [7, 11) is 0. The molecule has 0 saturated heterocycles. The molecule has 0 aliphatic heterocycles. The van der Waals surface area contributed by atoms with Gasteiger partial charge in [-0.25, -0.2) is 4.79 Å². The number of urea groups is 1. The van der Waals surface area contributed by atoms with Gasteiger partial charge in [0.1, 0.15) is 6.54 Å². The van der Waals surface area contributed by atoms with Crippen molar-refractivity contribution in [1.29, 1.82) is 0 Å². The van der Waals surface area contributed by atoms with Crippen LogP contribution in [0.4, 0.5) is 4.79 Å². The zero-order valence-electron chi connectivity index (χ0n) is 8.46. The van der Waals surface area contributed by atoms with Gasteiger partial charge in [0.25, 0.3) is 0 Å². The Kier molecular flexibility index (Phi) is 8.11. The topological polar surface area (TPSA) is 67.4 Å². The smallest absolute Gasteiger partial charge is 0.325 e. The van der Waals surface area contributed by atoms with Crippen molar-refractivity contribution in [3.8, 4) is 0 Å². The lowest BCUT2D eigenvalue weighted by atomic mass is 10.6. The number of thioether (sulfide) groups is 1. The number of hydrogen-bond donors (Lipinski definition) is 2. The molecular weight excluding hydrogens is 204 g/mol. The van der Waals surface area contributed by atoms with Crippen LogP contribution in [0.5, 0.6) is 0 Å². The number of esters is 1. The molecule has 0 fully saturated rings. The molecule has 82 valence electrons. The highest BCUT2D eigenvalue weighted by molar-refractivity contribution is 7.98. The van der Waals surface area contributed by atoms with Crippen LogP contribution in [0.2, 0.25) is 0 Å². The minimum Gasteiger partial charge on any atom is -0.465 e. The summed E-state index contributed by atoms with van der Waals surface area (Å²) in [6.07, 6.45) is 1.96. The van der Waals surface area contributed by atoms with Gasteiger partial charge in [-0.05, 0) is 13.2 Å². The molecule has 0 radical (unpaired) electrons. The van der Waals surface area contributed by atoms with Gasteiger partial charge in [0.05, 0.1) is 6.61 Å². The number of nitrogens with one attached hydrogen (secondary N) is 2. The molecule has 0 atom stereocenters. The summed E-state index contributed by atoms with van der Waals surface area (Å²) in [5.74, 6) is 0.430. The molecule has 0 aromatic heterocycles. The Bertz CT molecular complexity index is 187. The van der Waals surface area contributed by atoms with E-state index < -0.39 is 5.97 Å². The number of rotatable bonds is 6. The summed E-state index contributed by atoms with van der Waals surface area (Å²) in [5, 5.41) is 4.99. The summed E-state index contributed by atoms with van der Waals surface area (Å²) in [4.78, 5) is 21.8. The molecule has 0 spiro atoms. The van der Waals surface area contributed by atoms with Crippen LogP contribution in [0, 0.1) is 0 Å². The molecule has 2 amide bonds. The normalized spacial score (nSPS) is 9.29. The van der Waals surface area contributed by atoms with E-state index in [-0.39, 0.29) is 12.6 Å². The maximum absolute atomic E-state index is 11.0. The van der Waals surface area contributed by atoms with E-state index in [9.17, 15) is 9.59 Å². The first kappa shape index (κ1) is 13.1. The van der Waals surface area contributed by atoms with Crippen molar-refractivity contribution < 1.29 is 14.3 Å². The maximum Gasteiger partial charge on any atom is 0.325 e. The Morgan fingerprint density at radius 2 is 2.07 bits per heavy atom. The van der Waals surface area contributed by atoms with Crippen molar-refractivity contribution in [3.05, 3.63) is 0 Å². The van der Waals surface area contributed by atoms with Crippen molar-refractivity contribution in [2.45, 2.75) is 6.92 Å². The second kappa shape index (κ2) is 8.68. The zero-order valence-corrected chi connectivity index (χ0v) is 9.28. The Morgan fingerprint density at radius 1 is 1.36 bits per heavy atom. The van der Waals surface area contributed by atoms with Gasteiger partial charge in [0.15, 0.2) is 0 Å². The molecular formula is C8H16N2O3S. The predicted octanol–water partition coefficient (Wildman–Crippen LogP) is 0.212. The van der Waals surface area contributed by atoms with Crippen molar-refractivity contribution in [1.82, 2.24) is 10.6 Å². The summed E-state index contributed by atoms with van der Waals surface area (Å²) in [5.41, 5.74) is 0. The van der Waals surface area contributed by atoms with Crippen molar-refractivity contribution in [2.24, 2.45) is 0 Å². The molecule has 6 heteroatoms. The molecule has 0 bridgehead atoms. The van der Waals surface area contributed by atoms with E-state index in [1.165, 1.54) is 0 Å². The molecule has 0 heterocycles. The van der Waals surface area contributed by atoms with Crippen LogP contribution < -0.4 is 10.6 Å². The van der Waals surface area contributed by atoms with Gasteiger partial charge in [-0.1, -0.05) is 0 Å². The molecule has 0 aromatic carbocycles. The molecule has 5 nitrogen and oxygen atoms in total. The zero-order chi connectivity index (χ0) is 10.8. The van der Waals surface area contributed by atoms with E-state index in [4.69, 9.17) is 0 Å². The number of carbonyl (C=O) groups excluding carboxylic acids is 2. The van der Waals surface area contributed by atoms with Crippen LogP contribution in [0.15, 0.2) is 0 Å². The molecule has 0 aliphatic carbocycles. The first-order chi connectivity index (χ1) is 6.70. The third kappa shape index (κ3) is 7.72. The van der Waals surface area contributed by atoms with E-state index in [0.29, 0.717) is 13.2 Å². The summed E-state index contributed by atoms with van der Waals surface area (Å²) in [6.45, 7) is 2.56. The second-order valence-corrected chi connectivity index (χ2v) is 3.39. The first-order valence-corrected chi connectivity index (χ1v) is 5.76.